The fourth-order valence-electron chi connectivity index (χ4n) is 2.55. The molecule has 20 heavy (non-hydrogen) atoms. The molecular formula is C14H25N3O3. The lowest BCUT2D eigenvalue weighted by molar-refractivity contribution is -0.118. The Hall–Kier alpha value is -0.980. The Morgan fingerprint density at radius 1 is 1.35 bits per heavy atom. The Morgan fingerprint density at radius 3 is 2.65 bits per heavy atom. The third-order valence-electron chi connectivity index (χ3n) is 4.07. The summed E-state index contributed by atoms with van der Waals surface area (Å²) in [6, 6.07) is 0.0287. The zero-order chi connectivity index (χ0) is 14.6. The molecular weight excluding hydrogens is 258 g/mol. The van der Waals surface area contributed by atoms with Gasteiger partial charge in [0.1, 0.15) is 5.60 Å². The van der Waals surface area contributed by atoms with Crippen molar-refractivity contribution >= 4 is 0 Å². The van der Waals surface area contributed by atoms with Gasteiger partial charge in [-0.25, -0.2) is 0 Å². The van der Waals surface area contributed by atoms with Gasteiger partial charge in [-0.05, 0) is 13.3 Å². The van der Waals surface area contributed by atoms with E-state index in [1.807, 2.05) is 13.8 Å². The van der Waals surface area contributed by atoms with Gasteiger partial charge in [-0.15, -0.1) is 0 Å². The first-order valence-electron chi connectivity index (χ1n) is 7.44. The van der Waals surface area contributed by atoms with Crippen molar-refractivity contribution in [3.63, 3.8) is 0 Å². The van der Waals surface area contributed by atoms with Crippen LogP contribution in [0.1, 0.15) is 57.7 Å². The van der Waals surface area contributed by atoms with Crippen molar-refractivity contribution in [3.05, 3.63) is 11.7 Å². The van der Waals surface area contributed by atoms with Crippen LogP contribution in [0.15, 0.2) is 4.52 Å². The number of hydrogen-bond donors (Lipinski definition) is 1. The topological polar surface area (TPSA) is 83.4 Å². The van der Waals surface area contributed by atoms with Gasteiger partial charge in [0.2, 0.25) is 11.7 Å². The van der Waals surface area contributed by atoms with E-state index >= 15 is 0 Å². The van der Waals surface area contributed by atoms with Crippen molar-refractivity contribution in [1.29, 1.82) is 0 Å². The Balaban J connectivity index is 2.20. The van der Waals surface area contributed by atoms with Crippen molar-refractivity contribution in [2.45, 2.75) is 57.6 Å². The summed E-state index contributed by atoms with van der Waals surface area (Å²) in [5.41, 5.74) is 5.58. The van der Waals surface area contributed by atoms with Crippen LogP contribution in [0.2, 0.25) is 0 Å². The summed E-state index contributed by atoms with van der Waals surface area (Å²) in [6.07, 6.45) is 2.39. The highest BCUT2D eigenvalue weighted by atomic mass is 16.5. The smallest absolute Gasteiger partial charge is 0.231 e. The van der Waals surface area contributed by atoms with Crippen molar-refractivity contribution in [2.75, 3.05) is 19.8 Å². The van der Waals surface area contributed by atoms with Gasteiger partial charge in [0.05, 0.1) is 5.92 Å². The molecule has 2 heterocycles. The highest BCUT2D eigenvalue weighted by Gasteiger charge is 2.40. The second-order valence-corrected chi connectivity index (χ2v) is 5.36. The van der Waals surface area contributed by atoms with Gasteiger partial charge in [-0.2, -0.15) is 4.98 Å². The second-order valence-electron chi connectivity index (χ2n) is 5.36. The van der Waals surface area contributed by atoms with E-state index in [1.165, 1.54) is 0 Å². The maximum absolute atomic E-state index is 6.05. The largest absolute Gasteiger partial charge is 0.381 e. The predicted molar refractivity (Wildman–Crippen MR) is 74.3 cm³/mol. The monoisotopic (exact) mass is 283 g/mol. The van der Waals surface area contributed by atoms with E-state index in [1.54, 1.807) is 0 Å². The average Bonchev–Trinajstić information content (AvgIpc) is 2.97. The number of rotatable bonds is 6. The van der Waals surface area contributed by atoms with Gasteiger partial charge in [0.25, 0.3) is 0 Å². The Labute approximate surface area is 120 Å². The number of nitrogens with zero attached hydrogens (tertiary/aromatic N) is 2. The molecule has 1 aliphatic heterocycles. The molecule has 0 amide bonds. The molecule has 114 valence electrons. The molecule has 0 bridgehead atoms. The number of nitrogens with two attached hydrogens (primary N) is 1. The quantitative estimate of drug-likeness (QED) is 0.859. The molecule has 0 radical (unpaired) electrons. The van der Waals surface area contributed by atoms with Gasteiger partial charge >= 0.3 is 0 Å². The van der Waals surface area contributed by atoms with Crippen LogP contribution in [0.4, 0.5) is 0 Å². The molecule has 2 N–H and O–H groups in total. The normalized spacial score (nSPS) is 21.6. The SMILES string of the molecule is CCOC1(c2noc(C(C)C(N)CC)n2)CCOCC1. The molecule has 1 fully saturated rings. The van der Waals surface area contributed by atoms with Crippen molar-refractivity contribution in [2.24, 2.45) is 5.73 Å². The van der Waals surface area contributed by atoms with Crippen molar-refractivity contribution in [3.8, 4) is 0 Å². The number of aromatic nitrogens is 2. The van der Waals surface area contributed by atoms with Gasteiger partial charge in [0, 0.05) is 38.7 Å². The molecule has 1 aliphatic rings. The zero-order valence-corrected chi connectivity index (χ0v) is 12.6. The van der Waals surface area contributed by atoms with Crippen LogP contribution in [0.3, 0.4) is 0 Å². The summed E-state index contributed by atoms with van der Waals surface area (Å²) in [5.74, 6) is 1.28. The Bertz CT molecular complexity index is 410. The standard InChI is InChI=1S/C14H25N3O3/c1-4-11(15)10(3)12-16-13(17-20-12)14(19-5-2)6-8-18-9-7-14/h10-11H,4-9,15H2,1-3H3. The maximum Gasteiger partial charge on any atom is 0.231 e. The lowest BCUT2D eigenvalue weighted by atomic mass is 9.93. The summed E-state index contributed by atoms with van der Waals surface area (Å²) >= 11 is 0. The molecule has 0 spiro atoms. The Morgan fingerprint density at radius 2 is 2.05 bits per heavy atom. The minimum Gasteiger partial charge on any atom is -0.381 e. The van der Waals surface area contributed by atoms with Gasteiger partial charge in [-0.3, -0.25) is 0 Å². The lowest BCUT2D eigenvalue weighted by Gasteiger charge is -2.33. The minimum absolute atomic E-state index is 0.0287. The molecule has 0 aromatic carbocycles. The van der Waals surface area contributed by atoms with E-state index in [4.69, 9.17) is 19.7 Å². The summed E-state index contributed by atoms with van der Waals surface area (Å²) in [5, 5.41) is 4.15. The van der Waals surface area contributed by atoms with Gasteiger partial charge < -0.3 is 19.7 Å². The molecule has 0 saturated carbocycles. The zero-order valence-electron chi connectivity index (χ0n) is 12.6. The first-order chi connectivity index (χ1) is 9.63. The number of ether oxygens (including phenoxy) is 2. The van der Waals surface area contributed by atoms with Crippen LogP contribution in [0.25, 0.3) is 0 Å². The highest BCUT2D eigenvalue weighted by molar-refractivity contribution is 5.06. The van der Waals surface area contributed by atoms with E-state index in [9.17, 15) is 0 Å². The molecule has 1 aromatic heterocycles. The molecule has 2 unspecified atom stereocenters. The first-order valence-corrected chi connectivity index (χ1v) is 7.44. The fraction of sp³-hybridized carbons (Fsp3) is 0.857. The molecule has 1 saturated heterocycles. The van der Waals surface area contributed by atoms with Crippen molar-refractivity contribution in [1.82, 2.24) is 10.1 Å². The lowest BCUT2D eigenvalue weighted by Crippen LogP contribution is -2.37. The first kappa shape index (κ1) is 15.4. The number of hydrogen-bond acceptors (Lipinski definition) is 6. The van der Waals surface area contributed by atoms with Crippen LogP contribution >= 0.6 is 0 Å². The maximum atomic E-state index is 6.05. The van der Waals surface area contributed by atoms with Gasteiger partial charge in [0.15, 0.2) is 0 Å². The van der Waals surface area contributed by atoms with E-state index in [0.29, 0.717) is 31.5 Å². The molecule has 6 heteroatoms. The fourth-order valence-corrected chi connectivity index (χ4v) is 2.55. The van der Waals surface area contributed by atoms with Crippen LogP contribution in [0.5, 0.6) is 0 Å². The van der Waals surface area contributed by atoms with Gasteiger partial charge in [-0.1, -0.05) is 19.0 Å². The van der Waals surface area contributed by atoms with E-state index in [0.717, 1.165) is 19.3 Å². The third kappa shape index (κ3) is 3.02. The molecule has 1 aromatic rings. The predicted octanol–water partition coefficient (Wildman–Crippen LogP) is 1.95. The Kier molecular flexibility index (Phi) is 5.12. The van der Waals surface area contributed by atoms with E-state index in [2.05, 4.69) is 17.1 Å². The van der Waals surface area contributed by atoms with Crippen LogP contribution < -0.4 is 5.73 Å². The van der Waals surface area contributed by atoms with Crippen LogP contribution in [-0.4, -0.2) is 36.0 Å². The summed E-state index contributed by atoms with van der Waals surface area (Å²) in [7, 11) is 0. The van der Waals surface area contributed by atoms with Crippen LogP contribution in [-0.2, 0) is 15.1 Å². The third-order valence-corrected chi connectivity index (χ3v) is 4.07. The average molecular weight is 283 g/mol. The second kappa shape index (κ2) is 6.65. The molecule has 2 rings (SSSR count). The molecule has 0 aliphatic carbocycles. The van der Waals surface area contributed by atoms with E-state index < -0.39 is 5.60 Å². The summed E-state index contributed by atoms with van der Waals surface area (Å²) in [6.45, 7) is 7.99. The summed E-state index contributed by atoms with van der Waals surface area (Å²) in [4.78, 5) is 4.56. The van der Waals surface area contributed by atoms with Crippen molar-refractivity contribution < 1.29 is 14.0 Å². The van der Waals surface area contributed by atoms with E-state index in [-0.39, 0.29) is 12.0 Å². The molecule has 2 atom stereocenters. The van der Waals surface area contributed by atoms with Crippen LogP contribution in [0, 0.1) is 0 Å². The molecule has 6 nitrogen and oxygen atoms in total. The highest BCUT2D eigenvalue weighted by Crippen LogP contribution is 2.35. The minimum atomic E-state index is -0.467. The summed E-state index contributed by atoms with van der Waals surface area (Å²) < 4.78 is 16.8.